The summed E-state index contributed by atoms with van der Waals surface area (Å²) >= 11 is 5.25. The molecule has 1 aliphatic carbocycles. The van der Waals surface area contributed by atoms with Crippen molar-refractivity contribution in [3.63, 3.8) is 0 Å². The van der Waals surface area contributed by atoms with Gasteiger partial charge in [0.1, 0.15) is 13.4 Å². The topological polar surface area (TPSA) is 12.5 Å². The van der Waals surface area contributed by atoms with Crippen molar-refractivity contribution in [3.8, 4) is 0 Å². The van der Waals surface area contributed by atoms with Crippen LogP contribution in [0, 0.1) is 0 Å². The van der Waals surface area contributed by atoms with Crippen LogP contribution < -0.4 is 0 Å². The highest BCUT2D eigenvalue weighted by atomic mass is 32.1. The molecule has 4 unspecified atom stereocenters. The fourth-order valence-corrected chi connectivity index (χ4v) is 3.91. The molecule has 1 saturated carbocycles. The van der Waals surface area contributed by atoms with E-state index in [4.69, 9.17) is 17.0 Å². The van der Waals surface area contributed by atoms with E-state index in [1.807, 2.05) is 0 Å². The number of nitrogens with zero attached hydrogens (tertiary/aromatic N) is 1. The molecule has 0 amide bonds. The maximum Gasteiger partial charge on any atom is 0.259 e. The molecule has 2 saturated heterocycles. The third-order valence-corrected chi connectivity index (χ3v) is 5.53. The van der Waals surface area contributed by atoms with Crippen molar-refractivity contribution >= 4 is 24.7 Å². The third kappa shape index (κ3) is 1.35. The Labute approximate surface area is 104 Å². The molecule has 0 N–H and O–H groups in total. The molecule has 0 bridgehead atoms. The van der Waals surface area contributed by atoms with Crippen molar-refractivity contribution in [2.75, 3.05) is 7.05 Å². The highest BCUT2D eigenvalue weighted by molar-refractivity contribution is 7.80. The number of ether oxygens (including phenoxy) is 1. The molecule has 2 nitrogen and oxygen atoms in total. The van der Waals surface area contributed by atoms with Crippen LogP contribution in [0.3, 0.4) is 0 Å². The van der Waals surface area contributed by atoms with Gasteiger partial charge in [-0.15, -0.1) is 0 Å². The lowest BCUT2D eigenvalue weighted by Gasteiger charge is -2.31. The first-order valence-corrected chi connectivity index (χ1v) is 6.67. The lowest BCUT2D eigenvalue weighted by atomic mass is 9.81. The molecule has 0 spiro atoms. The summed E-state index contributed by atoms with van der Waals surface area (Å²) < 4.78 is 5.86. The Kier molecular flexibility index (Phi) is 2.14. The summed E-state index contributed by atoms with van der Waals surface area (Å²) in [6.45, 7) is 4.77. The zero-order chi connectivity index (χ0) is 11.6. The van der Waals surface area contributed by atoms with Crippen LogP contribution in [-0.4, -0.2) is 36.5 Å². The van der Waals surface area contributed by atoms with Crippen LogP contribution >= 0.6 is 12.2 Å². The lowest BCUT2D eigenvalue weighted by Crippen LogP contribution is -2.35. The lowest BCUT2D eigenvalue weighted by molar-refractivity contribution is 0.148. The van der Waals surface area contributed by atoms with Crippen molar-refractivity contribution in [1.82, 2.24) is 4.90 Å². The molecule has 4 atom stereocenters. The van der Waals surface area contributed by atoms with E-state index in [-0.39, 0.29) is 0 Å². The monoisotopic (exact) mass is 236 g/mol. The minimum Gasteiger partial charge on any atom is -0.465 e. The number of fused-ring (bicyclic) bond motifs is 2. The second kappa shape index (κ2) is 3.15. The molecule has 4 heteroatoms. The smallest absolute Gasteiger partial charge is 0.259 e. The van der Waals surface area contributed by atoms with Gasteiger partial charge in [0.25, 0.3) is 5.17 Å². The van der Waals surface area contributed by atoms with Gasteiger partial charge >= 0.3 is 0 Å². The molecule has 0 aromatic heterocycles. The van der Waals surface area contributed by atoms with Gasteiger partial charge in [-0.05, 0) is 25.1 Å². The Hall–Kier alpha value is -0.245. The Morgan fingerprint density at radius 3 is 2.94 bits per heavy atom. The molecular weight excluding hydrogens is 217 g/mol. The number of hydrogen-bond acceptors (Lipinski definition) is 2. The average molecular weight is 236 g/mol. The highest BCUT2D eigenvalue weighted by Crippen LogP contribution is 2.74. The zero-order valence-electron chi connectivity index (χ0n) is 10.3. The quantitative estimate of drug-likeness (QED) is 0.474. The van der Waals surface area contributed by atoms with Crippen molar-refractivity contribution in [3.05, 3.63) is 0 Å². The van der Waals surface area contributed by atoms with Gasteiger partial charge in [-0.3, -0.25) is 0 Å². The largest absolute Gasteiger partial charge is 0.465 e. The van der Waals surface area contributed by atoms with Gasteiger partial charge in [0, 0.05) is 7.05 Å². The summed E-state index contributed by atoms with van der Waals surface area (Å²) in [6, 6.07) is 0.517. The van der Waals surface area contributed by atoms with E-state index in [0.717, 1.165) is 6.42 Å². The summed E-state index contributed by atoms with van der Waals surface area (Å²) in [5, 5.41) is 1.55. The Morgan fingerprint density at radius 1 is 1.44 bits per heavy atom. The molecule has 0 aromatic carbocycles. The SMILES string of the molecule is CN1C(=S)OC2CC3(C)[B]C3(C)CCCC21. The zero-order valence-corrected chi connectivity index (χ0v) is 11.1. The van der Waals surface area contributed by atoms with Crippen LogP contribution in [0.1, 0.15) is 39.5 Å². The first kappa shape index (κ1) is 10.9. The van der Waals surface area contributed by atoms with Crippen molar-refractivity contribution in [2.24, 2.45) is 0 Å². The molecule has 16 heavy (non-hydrogen) atoms. The van der Waals surface area contributed by atoms with E-state index in [0.29, 0.717) is 27.9 Å². The summed E-state index contributed by atoms with van der Waals surface area (Å²) in [5.74, 6) is 0. The van der Waals surface area contributed by atoms with Gasteiger partial charge in [-0.2, -0.15) is 0 Å². The van der Waals surface area contributed by atoms with E-state index in [1.54, 1.807) is 0 Å². The summed E-state index contributed by atoms with van der Waals surface area (Å²) in [7, 11) is 4.60. The van der Waals surface area contributed by atoms with Gasteiger partial charge in [0.15, 0.2) is 0 Å². The molecule has 3 fully saturated rings. The van der Waals surface area contributed by atoms with Crippen molar-refractivity contribution < 1.29 is 4.74 Å². The maximum atomic E-state index is 5.86. The first-order chi connectivity index (χ1) is 7.45. The second-order valence-corrected chi connectivity index (χ2v) is 6.53. The van der Waals surface area contributed by atoms with Crippen LogP contribution in [0.4, 0.5) is 0 Å². The predicted octanol–water partition coefficient (Wildman–Crippen LogP) is 2.62. The highest BCUT2D eigenvalue weighted by Gasteiger charge is 2.63. The van der Waals surface area contributed by atoms with Crippen LogP contribution in [0.2, 0.25) is 10.6 Å². The second-order valence-electron chi connectivity index (χ2n) is 6.18. The fourth-order valence-electron chi connectivity index (χ4n) is 3.65. The van der Waals surface area contributed by atoms with Crippen molar-refractivity contribution in [2.45, 2.75) is 62.3 Å². The molecule has 2 aliphatic heterocycles. The summed E-state index contributed by atoms with van der Waals surface area (Å²) in [4.78, 5) is 2.16. The Bertz CT molecular complexity index is 350. The van der Waals surface area contributed by atoms with Crippen molar-refractivity contribution in [1.29, 1.82) is 0 Å². The molecule has 87 valence electrons. The minimum absolute atomic E-state index is 0.320. The normalized spacial score (nSPS) is 50.7. The number of thiocarbonyl (C=S) groups is 1. The maximum absolute atomic E-state index is 5.86. The third-order valence-electron chi connectivity index (χ3n) is 5.15. The Balaban J connectivity index is 1.83. The Morgan fingerprint density at radius 2 is 2.19 bits per heavy atom. The number of rotatable bonds is 0. The molecule has 3 rings (SSSR count). The molecule has 0 aromatic rings. The molecule has 1 radical (unpaired) electrons. The minimum atomic E-state index is 0.320. The van der Waals surface area contributed by atoms with E-state index in [9.17, 15) is 0 Å². The van der Waals surface area contributed by atoms with Crippen LogP contribution in [0.25, 0.3) is 0 Å². The van der Waals surface area contributed by atoms with Gasteiger partial charge in [-0.1, -0.05) is 37.3 Å². The molecule has 3 aliphatic rings. The van der Waals surface area contributed by atoms with Gasteiger partial charge in [-0.25, -0.2) is 0 Å². The van der Waals surface area contributed by atoms with Gasteiger partial charge in [0.2, 0.25) is 0 Å². The van der Waals surface area contributed by atoms with E-state index < -0.39 is 0 Å². The predicted molar refractivity (Wildman–Crippen MR) is 70.0 cm³/mol. The average Bonchev–Trinajstić information content (AvgIpc) is 2.59. The number of likely N-dealkylation sites (N-methyl/N-ethyl adjacent to an activating group) is 1. The van der Waals surface area contributed by atoms with E-state index >= 15 is 0 Å². The standard InChI is InChI=1S/C12H19BNOS/c1-11-6-4-5-8-9(7-12(11,2)13-11)15-10(16)14(8)3/h8-9H,4-7H2,1-3H3. The number of hydrogen-bond donors (Lipinski definition) is 0. The molecule has 2 heterocycles. The van der Waals surface area contributed by atoms with Crippen LogP contribution in [0.5, 0.6) is 0 Å². The van der Waals surface area contributed by atoms with Gasteiger partial charge in [0.05, 0.1) is 6.04 Å². The first-order valence-electron chi connectivity index (χ1n) is 6.26. The molecular formula is C12H19BNOS. The van der Waals surface area contributed by atoms with E-state index in [2.05, 4.69) is 33.1 Å². The summed E-state index contributed by atoms with van der Waals surface area (Å²) in [5.41, 5.74) is 0. The summed E-state index contributed by atoms with van der Waals surface area (Å²) in [6.07, 6.45) is 5.30. The van der Waals surface area contributed by atoms with Gasteiger partial charge < -0.3 is 9.64 Å². The van der Waals surface area contributed by atoms with E-state index in [1.165, 1.54) is 19.3 Å². The van der Waals surface area contributed by atoms with Crippen LogP contribution in [-0.2, 0) is 4.74 Å². The van der Waals surface area contributed by atoms with Crippen LogP contribution in [0.15, 0.2) is 0 Å². The fraction of sp³-hybridized carbons (Fsp3) is 0.917.